The third-order valence-electron chi connectivity index (χ3n) is 4.66. The van der Waals surface area contributed by atoms with Crippen LogP contribution >= 0.6 is 0 Å². The molecule has 0 aliphatic carbocycles. The van der Waals surface area contributed by atoms with E-state index < -0.39 is 6.17 Å². The Bertz CT molecular complexity index is 657. The van der Waals surface area contributed by atoms with Crippen LogP contribution in [0, 0.1) is 5.92 Å². The Morgan fingerprint density at radius 3 is 2.38 bits per heavy atom. The molecular formula is C20H27N3O. The van der Waals surface area contributed by atoms with Gasteiger partial charge in [0.15, 0.2) is 0 Å². The molecule has 0 heterocycles. The van der Waals surface area contributed by atoms with Crippen molar-refractivity contribution in [3.05, 3.63) is 71.3 Å². The van der Waals surface area contributed by atoms with Crippen LogP contribution in [0.1, 0.15) is 36.2 Å². The maximum absolute atomic E-state index is 11.6. The van der Waals surface area contributed by atoms with Crippen molar-refractivity contribution < 1.29 is 4.79 Å². The van der Waals surface area contributed by atoms with Crippen molar-refractivity contribution in [2.24, 2.45) is 23.1 Å². The van der Waals surface area contributed by atoms with Crippen molar-refractivity contribution in [1.29, 1.82) is 0 Å². The van der Waals surface area contributed by atoms with Gasteiger partial charge in [-0.3, -0.25) is 0 Å². The van der Waals surface area contributed by atoms with Crippen molar-refractivity contribution in [3.63, 3.8) is 0 Å². The first-order valence-corrected chi connectivity index (χ1v) is 8.29. The molecule has 0 aromatic heterocycles. The second-order valence-corrected chi connectivity index (χ2v) is 6.71. The van der Waals surface area contributed by atoms with Crippen molar-refractivity contribution >= 4 is 6.29 Å². The summed E-state index contributed by atoms with van der Waals surface area (Å²) in [7, 11) is 0. The molecule has 0 amide bonds. The molecule has 0 radical (unpaired) electrons. The van der Waals surface area contributed by atoms with Gasteiger partial charge in [0, 0.05) is 17.9 Å². The minimum absolute atomic E-state index is 0.0869. The van der Waals surface area contributed by atoms with Gasteiger partial charge in [0.1, 0.15) is 6.29 Å². The van der Waals surface area contributed by atoms with E-state index in [1.54, 1.807) is 0 Å². The predicted octanol–water partition coefficient (Wildman–Crippen LogP) is 2.27. The highest BCUT2D eigenvalue weighted by Crippen LogP contribution is 2.32. The number of nitrogens with two attached hydrogens (primary N) is 3. The highest BCUT2D eigenvalue weighted by Gasteiger charge is 2.29. The minimum atomic E-state index is -0.516. The van der Waals surface area contributed by atoms with Crippen LogP contribution in [0.3, 0.4) is 0 Å². The molecule has 0 saturated carbocycles. The summed E-state index contributed by atoms with van der Waals surface area (Å²) < 4.78 is 0. The van der Waals surface area contributed by atoms with Gasteiger partial charge in [-0.05, 0) is 29.5 Å². The topological polar surface area (TPSA) is 95.1 Å². The summed E-state index contributed by atoms with van der Waals surface area (Å²) >= 11 is 0. The van der Waals surface area contributed by atoms with Crippen LogP contribution in [0.25, 0.3) is 0 Å². The van der Waals surface area contributed by atoms with Gasteiger partial charge in [-0.2, -0.15) is 0 Å². The fraction of sp³-hybridized carbons (Fsp3) is 0.350. The minimum Gasteiger partial charge on any atom is -0.330 e. The number of hydrogen-bond acceptors (Lipinski definition) is 4. The van der Waals surface area contributed by atoms with Crippen molar-refractivity contribution in [3.8, 4) is 0 Å². The van der Waals surface area contributed by atoms with E-state index >= 15 is 0 Å². The molecule has 2 rings (SSSR count). The number of hydrogen-bond donors (Lipinski definition) is 3. The second kappa shape index (κ2) is 8.20. The highest BCUT2D eigenvalue weighted by atomic mass is 16.1. The van der Waals surface area contributed by atoms with Gasteiger partial charge < -0.3 is 22.0 Å². The summed E-state index contributed by atoms with van der Waals surface area (Å²) in [5, 5.41) is 0. The molecule has 6 N–H and O–H groups in total. The summed E-state index contributed by atoms with van der Waals surface area (Å²) in [5.41, 5.74) is 20.5. The molecule has 0 bridgehead atoms. The van der Waals surface area contributed by atoms with Crippen LogP contribution in [-0.2, 0) is 16.6 Å². The van der Waals surface area contributed by atoms with Crippen LogP contribution in [0.5, 0.6) is 0 Å². The van der Waals surface area contributed by atoms with Crippen LogP contribution in [0.15, 0.2) is 54.6 Å². The predicted molar refractivity (Wildman–Crippen MR) is 98.3 cm³/mol. The van der Waals surface area contributed by atoms with Crippen LogP contribution < -0.4 is 17.2 Å². The summed E-state index contributed by atoms with van der Waals surface area (Å²) in [6, 6.07) is 17.9. The normalized spacial score (nSPS) is 15.0. The Morgan fingerprint density at radius 1 is 1.08 bits per heavy atom. The number of aldehydes is 1. The molecule has 0 spiro atoms. The molecule has 2 atom stereocenters. The number of carbonyl (C=O) groups is 1. The zero-order valence-electron chi connectivity index (χ0n) is 14.2. The monoisotopic (exact) mass is 325 g/mol. The lowest BCUT2D eigenvalue weighted by atomic mass is 9.74. The van der Waals surface area contributed by atoms with E-state index in [2.05, 4.69) is 6.92 Å². The molecule has 4 heteroatoms. The second-order valence-electron chi connectivity index (χ2n) is 6.71. The molecule has 0 fully saturated rings. The summed E-state index contributed by atoms with van der Waals surface area (Å²) in [6.07, 6.45) is 1.93. The number of rotatable bonds is 8. The van der Waals surface area contributed by atoms with Gasteiger partial charge in [-0.25, -0.2) is 0 Å². The lowest BCUT2D eigenvalue weighted by Gasteiger charge is -2.32. The molecule has 0 aliphatic heterocycles. The van der Waals surface area contributed by atoms with E-state index in [4.69, 9.17) is 17.2 Å². The molecule has 0 aliphatic rings. The van der Waals surface area contributed by atoms with E-state index in [-0.39, 0.29) is 11.3 Å². The molecule has 24 heavy (non-hydrogen) atoms. The summed E-state index contributed by atoms with van der Waals surface area (Å²) in [4.78, 5) is 11.6. The first-order chi connectivity index (χ1) is 11.5. The lowest BCUT2D eigenvalue weighted by Crippen LogP contribution is -2.35. The van der Waals surface area contributed by atoms with E-state index in [0.29, 0.717) is 13.0 Å². The molecule has 0 saturated heterocycles. The summed E-state index contributed by atoms with van der Waals surface area (Å²) in [6.45, 7) is 2.55. The Hall–Kier alpha value is -2.01. The number of carbonyl (C=O) groups excluding carboxylic acids is 1. The van der Waals surface area contributed by atoms with E-state index in [0.717, 1.165) is 29.4 Å². The molecular weight excluding hydrogens is 298 g/mol. The lowest BCUT2D eigenvalue weighted by molar-refractivity contribution is -0.111. The van der Waals surface area contributed by atoms with Gasteiger partial charge in [0.2, 0.25) is 0 Å². The molecule has 128 valence electrons. The Kier molecular flexibility index (Phi) is 6.26. The van der Waals surface area contributed by atoms with Crippen LogP contribution in [0.4, 0.5) is 0 Å². The van der Waals surface area contributed by atoms with Crippen LogP contribution in [-0.4, -0.2) is 12.8 Å². The Labute approximate surface area is 144 Å². The van der Waals surface area contributed by atoms with E-state index in [9.17, 15) is 4.79 Å². The Balaban J connectivity index is 2.21. The first-order valence-electron chi connectivity index (χ1n) is 8.29. The average molecular weight is 325 g/mol. The third-order valence-corrected chi connectivity index (χ3v) is 4.66. The van der Waals surface area contributed by atoms with E-state index in [1.165, 1.54) is 0 Å². The standard InChI is InChI=1S/C20H27N3O/c1-20(14-21,18-9-5-8-17(11-18)19(22)23)12-16(13-24)10-15-6-3-2-4-7-15/h2-9,11,13,16,19H,10,12,14,21-23H2,1H3. The molecule has 2 aromatic carbocycles. The maximum Gasteiger partial charge on any atom is 0.123 e. The average Bonchev–Trinajstić information content (AvgIpc) is 2.62. The summed E-state index contributed by atoms with van der Waals surface area (Å²) in [5.74, 6) is -0.0869. The first kappa shape index (κ1) is 18.3. The third kappa shape index (κ3) is 4.51. The molecule has 4 nitrogen and oxygen atoms in total. The quantitative estimate of drug-likeness (QED) is 0.512. The van der Waals surface area contributed by atoms with E-state index in [1.807, 2.05) is 54.6 Å². The van der Waals surface area contributed by atoms with Crippen LogP contribution in [0.2, 0.25) is 0 Å². The fourth-order valence-electron chi connectivity index (χ4n) is 3.10. The molecule has 2 unspecified atom stereocenters. The SMILES string of the molecule is CC(CN)(CC(C=O)Cc1ccccc1)c1cccc(C(N)N)c1. The van der Waals surface area contributed by atoms with Gasteiger partial charge in [-0.15, -0.1) is 0 Å². The van der Waals surface area contributed by atoms with Gasteiger partial charge >= 0.3 is 0 Å². The van der Waals surface area contributed by atoms with Crippen molar-refractivity contribution in [2.75, 3.05) is 6.54 Å². The van der Waals surface area contributed by atoms with Gasteiger partial charge in [0.05, 0.1) is 6.17 Å². The highest BCUT2D eigenvalue weighted by molar-refractivity contribution is 5.55. The Morgan fingerprint density at radius 2 is 1.79 bits per heavy atom. The van der Waals surface area contributed by atoms with Crippen molar-refractivity contribution in [1.82, 2.24) is 0 Å². The fourth-order valence-corrected chi connectivity index (χ4v) is 3.10. The zero-order valence-corrected chi connectivity index (χ0v) is 14.2. The zero-order chi connectivity index (χ0) is 17.6. The molecule has 2 aromatic rings. The largest absolute Gasteiger partial charge is 0.330 e. The smallest absolute Gasteiger partial charge is 0.123 e. The van der Waals surface area contributed by atoms with Gasteiger partial charge in [0.25, 0.3) is 0 Å². The maximum atomic E-state index is 11.6. The van der Waals surface area contributed by atoms with Gasteiger partial charge in [-0.1, -0.05) is 61.5 Å². The number of benzene rings is 2. The van der Waals surface area contributed by atoms with Crippen molar-refractivity contribution in [2.45, 2.75) is 31.3 Å².